The minimum atomic E-state index is -0.124. The Bertz CT molecular complexity index is 205. The van der Waals surface area contributed by atoms with Crippen molar-refractivity contribution in [3.8, 4) is 0 Å². The molecule has 0 N–H and O–H groups in total. The van der Waals surface area contributed by atoms with Crippen LogP contribution in [0.15, 0.2) is 12.5 Å². The zero-order chi connectivity index (χ0) is 10.8. The van der Waals surface area contributed by atoms with Crippen LogP contribution in [0.3, 0.4) is 0 Å². The van der Waals surface area contributed by atoms with Gasteiger partial charge in [0.1, 0.15) is 5.60 Å². The van der Waals surface area contributed by atoms with Crippen LogP contribution in [0.1, 0.15) is 40.5 Å². The van der Waals surface area contributed by atoms with Gasteiger partial charge in [-0.15, -0.1) is 0 Å². The summed E-state index contributed by atoms with van der Waals surface area (Å²) in [4.78, 5) is 2.26. The number of likely N-dealkylation sites (tertiary alicyclic amines) is 1. The molecule has 2 heteroatoms. The van der Waals surface area contributed by atoms with Crippen molar-refractivity contribution in [2.75, 3.05) is 13.1 Å². The highest BCUT2D eigenvalue weighted by atomic mass is 16.5. The van der Waals surface area contributed by atoms with Gasteiger partial charge in [-0.05, 0) is 39.7 Å². The standard InChI is InChI=1S/C12H23NO/c1-6-11-7-8-13(9-11)10(2)14-12(3,4)5/h11H,2,6-9H2,1,3-5H3. The van der Waals surface area contributed by atoms with Gasteiger partial charge in [-0.2, -0.15) is 0 Å². The maximum Gasteiger partial charge on any atom is 0.182 e. The van der Waals surface area contributed by atoms with E-state index in [2.05, 4.69) is 39.2 Å². The summed E-state index contributed by atoms with van der Waals surface area (Å²) in [6, 6.07) is 0. The van der Waals surface area contributed by atoms with Gasteiger partial charge in [-0.25, -0.2) is 0 Å². The molecule has 1 unspecified atom stereocenters. The largest absolute Gasteiger partial charge is 0.474 e. The lowest BCUT2D eigenvalue weighted by atomic mass is 10.1. The van der Waals surface area contributed by atoms with Crippen LogP contribution in [0.2, 0.25) is 0 Å². The number of hydrogen-bond donors (Lipinski definition) is 0. The number of ether oxygens (including phenoxy) is 1. The topological polar surface area (TPSA) is 12.5 Å². The fraction of sp³-hybridized carbons (Fsp3) is 0.833. The van der Waals surface area contributed by atoms with Gasteiger partial charge in [0.05, 0.1) is 0 Å². The van der Waals surface area contributed by atoms with Crippen LogP contribution in [0.4, 0.5) is 0 Å². The zero-order valence-corrected chi connectivity index (χ0v) is 9.97. The third-order valence-electron chi connectivity index (χ3n) is 2.64. The van der Waals surface area contributed by atoms with Crippen molar-refractivity contribution in [1.29, 1.82) is 0 Å². The number of nitrogens with zero attached hydrogens (tertiary/aromatic N) is 1. The molecular weight excluding hydrogens is 174 g/mol. The number of hydrogen-bond acceptors (Lipinski definition) is 2. The van der Waals surface area contributed by atoms with E-state index in [1.165, 1.54) is 12.8 Å². The van der Waals surface area contributed by atoms with E-state index in [4.69, 9.17) is 4.74 Å². The molecule has 0 aliphatic carbocycles. The Labute approximate surface area is 87.9 Å². The summed E-state index contributed by atoms with van der Waals surface area (Å²) in [6.45, 7) is 14.7. The summed E-state index contributed by atoms with van der Waals surface area (Å²) < 4.78 is 5.75. The first-order valence-corrected chi connectivity index (χ1v) is 5.55. The lowest BCUT2D eigenvalue weighted by Gasteiger charge is -2.28. The predicted molar refractivity (Wildman–Crippen MR) is 59.9 cm³/mol. The number of rotatable bonds is 3. The molecular formula is C12H23NO. The first kappa shape index (κ1) is 11.4. The monoisotopic (exact) mass is 197 g/mol. The molecule has 0 radical (unpaired) electrons. The Morgan fingerprint density at radius 3 is 2.57 bits per heavy atom. The Morgan fingerprint density at radius 2 is 2.14 bits per heavy atom. The van der Waals surface area contributed by atoms with Crippen molar-refractivity contribution >= 4 is 0 Å². The molecule has 82 valence electrons. The fourth-order valence-corrected chi connectivity index (χ4v) is 1.81. The molecule has 14 heavy (non-hydrogen) atoms. The molecule has 1 atom stereocenters. The van der Waals surface area contributed by atoms with Gasteiger partial charge in [-0.3, -0.25) is 0 Å². The second-order valence-electron chi connectivity index (χ2n) is 5.12. The first-order valence-electron chi connectivity index (χ1n) is 5.55. The first-order chi connectivity index (χ1) is 6.42. The van der Waals surface area contributed by atoms with Crippen LogP contribution in [0.5, 0.6) is 0 Å². The second kappa shape index (κ2) is 4.24. The van der Waals surface area contributed by atoms with Crippen LogP contribution in [0, 0.1) is 5.92 Å². The Hall–Kier alpha value is -0.660. The highest BCUT2D eigenvalue weighted by Gasteiger charge is 2.24. The van der Waals surface area contributed by atoms with E-state index >= 15 is 0 Å². The van der Waals surface area contributed by atoms with Gasteiger partial charge in [-0.1, -0.05) is 13.3 Å². The lowest BCUT2D eigenvalue weighted by molar-refractivity contribution is 0.00801. The Kier molecular flexibility index (Phi) is 3.46. The van der Waals surface area contributed by atoms with Crippen molar-refractivity contribution in [2.24, 2.45) is 5.92 Å². The SMILES string of the molecule is C=C(OC(C)(C)C)N1CCC(CC)C1. The minimum Gasteiger partial charge on any atom is -0.474 e. The van der Waals surface area contributed by atoms with Gasteiger partial charge in [0.2, 0.25) is 0 Å². The fourth-order valence-electron chi connectivity index (χ4n) is 1.81. The van der Waals surface area contributed by atoms with Crippen LogP contribution < -0.4 is 0 Å². The Morgan fingerprint density at radius 1 is 1.50 bits per heavy atom. The lowest BCUT2D eigenvalue weighted by Crippen LogP contribution is -2.28. The van der Waals surface area contributed by atoms with Crippen molar-refractivity contribution in [1.82, 2.24) is 4.90 Å². The summed E-state index contributed by atoms with van der Waals surface area (Å²) in [5.74, 6) is 1.67. The second-order valence-corrected chi connectivity index (χ2v) is 5.12. The molecule has 0 saturated carbocycles. The van der Waals surface area contributed by atoms with Gasteiger partial charge < -0.3 is 9.64 Å². The highest BCUT2D eigenvalue weighted by molar-refractivity contribution is 4.91. The molecule has 2 nitrogen and oxygen atoms in total. The van der Waals surface area contributed by atoms with E-state index in [9.17, 15) is 0 Å². The van der Waals surface area contributed by atoms with Gasteiger partial charge in [0.25, 0.3) is 0 Å². The van der Waals surface area contributed by atoms with E-state index in [1.807, 2.05) is 0 Å². The van der Waals surface area contributed by atoms with Crippen LogP contribution in [-0.4, -0.2) is 23.6 Å². The normalized spacial score (nSPS) is 22.6. The summed E-state index contributed by atoms with van der Waals surface area (Å²) in [7, 11) is 0. The van der Waals surface area contributed by atoms with E-state index in [0.29, 0.717) is 0 Å². The molecule has 0 aromatic carbocycles. The predicted octanol–water partition coefficient (Wildman–Crippen LogP) is 3.00. The molecule has 1 rings (SSSR count). The maximum atomic E-state index is 5.75. The molecule has 1 saturated heterocycles. The maximum absolute atomic E-state index is 5.75. The highest BCUT2D eigenvalue weighted by Crippen LogP contribution is 2.24. The van der Waals surface area contributed by atoms with Gasteiger partial charge >= 0.3 is 0 Å². The molecule has 1 aliphatic rings. The van der Waals surface area contributed by atoms with Crippen LogP contribution in [0.25, 0.3) is 0 Å². The van der Waals surface area contributed by atoms with Crippen LogP contribution in [-0.2, 0) is 4.74 Å². The van der Waals surface area contributed by atoms with Crippen molar-refractivity contribution in [2.45, 2.75) is 46.1 Å². The molecule has 0 aromatic rings. The third kappa shape index (κ3) is 3.24. The summed E-state index contributed by atoms with van der Waals surface area (Å²) in [5, 5.41) is 0. The van der Waals surface area contributed by atoms with Gasteiger partial charge in [0.15, 0.2) is 5.88 Å². The molecule has 1 aliphatic heterocycles. The van der Waals surface area contributed by atoms with Crippen molar-refractivity contribution in [3.05, 3.63) is 12.5 Å². The van der Waals surface area contributed by atoms with Crippen molar-refractivity contribution in [3.63, 3.8) is 0 Å². The summed E-state index contributed by atoms with van der Waals surface area (Å²) in [5.41, 5.74) is -0.124. The molecule has 0 aromatic heterocycles. The van der Waals surface area contributed by atoms with E-state index < -0.39 is 0 Å². The van der Waals surface area contributed by atoms with E-state index in [-0.39, 0.29) is 5.60 Å². The van der Waals surface area contributed by atoms with Crippen LogP contribution >= 0.6 is 0 Å². The van der Waals surface area contributed by atoms with E-state index in [1.54, 1.807) is 0 Å². The summed E-state index contributed by atoms with van der Waals surface area (Å²) in [6.07, 6.45) is 2.54. The van der Waals surface area contributed by atoms with Gasteiger partial charge in [0, 0.05) is 13.1 Å². The van der Waals surface area contributed by atoms with E-state index in [0.717, 1.165) is 24.9 Å². The van der Waals surface area contributed by atoms with Crippen molar-refractivity contribution < 1.29 is 4.74 Å². The Balaban J connectivity index is 2.40. The quantitative estimate of drug-likeness (QED) is 0.645. The molecule has 0 spiro atoms. The molecule has 0 amide bonds. The zero-order valence-electron chi connectivity index (χ0n) is 9.97. The molecule has 1 fully saturated rings. The average Bonchev–Trinajstić information content (AvgIpc) is 2.48. The smallest absolute Gasteiger partial charge is 0.182 e. The molecule has 0 bridgehead atoms. The average molecular weight is 197 g/mol. The third-order valence-corrected chi connectivity index (χ3v) is 2.64. The molecule has 1 heterocycles. The summed E-state index contributed by atoms with van der Waals surface area (Å²) >= 11 is 0. The minimum absolute atomic E-state index is 0.124.